The largest absolute Gasteiger partial charge is 0.377 e. The Hall–Kier alpha value is -0.520. The van der Waals surface area contributed by atoms with Crippen molar-refractivity contribution in [3.05, 3.63) is 0 Å². The van der Waals surface area contributed by atoms with Gasteiger partial charge in [0.2, 0.25) is 0 Å². The normalized spacial score (nSPS) is 34.9. The average molecular weight is 165 g/mol. The van der Waals surface area contributed by atoms with Gasteiger partial charge in [0, 0.05) is 26.1 Å². The lowest BCUT2D eigenvalue weighted by Gasteiger charge is -2.29. The van der Waals surface area contributed by atoms with Gasteiger partial charge in [-0.2, -0.15) is 0 Å². The number of rotatable bonds is 2. The van der Waals surface area contributed by atoms with Gasteiger partial charge >= 0.3 is 0 Å². The van der Waals surface area contributed by atoms with Crippen molar-refractivity contribution in [2.24, 2.45) is 5.92 Å². The van der Waals surface area contributed by atoms with Crippen LogP contribution in [0, 0.1) is 18.3 Å². The van der Waals surface area contributed by atoms with E-state index in [0.717, 1.165) is 32.0 Å². The molecule has 2 saturated heterocycles. The van der Waals surface area contributed by atoms with Crippen LogP contribution in [0.2, 0.25) is 0 Å². The average Bonchev–Trinajstić information content (AvgIpc) is 2.42. The number of hydrogen-bond donors (Lipinski definition) is 0. The molecule has 2 heteroatoms. The van der Waals surface area contributed by atoms with Crippen molar-refractivity contribution in [1.82, 2.24) is 4.90 Å². The van der Waals surface area contributed by atoms with Gasteiger partial charge in [0.1, 0.15) is 0 Å². The molecule has 2 atom stereocenters. The summed E-state index contributed by atoms with van der Waals surface area (Å²) in [6.45, 7) is 4.31. The lowest BCUT2D eigenvalue weighted by atomic mass is 10.0. The van der Waals surface area contributed by atoms with E-state index in [1.54, 1.807) is 0 Å². The zero-order chi connectivity index (χ0) is 8.39. The summed E-state index contributed by atoms with van der Waals surface area (Å²) in [6, 6.07) is 0. The molecule has 0 N–H and O–H groups in total. The Morgan fingerprint density at radius 3 is 3.17 bits per heavy atom. The quantitative estimate of drug-likeness (QED) is 0.559. The molecule has 2 bridgehead atoms. The van der Waals surface area contributed by atoms with Gasteiger partial charge in [-0.3, -0.25) is 4.90 Å². The number of hydrogen-bond acceptors (Lipinski definition) is 2. The third-order valence-electron chi connectivity index (χ3n) is 2.71. The van der Waals surface area contributed by atoms with Gasteiger partial charge in [-0.1, -0.05) is 0 Å². The summed E-state index contributed by atoms with van der Waals surface area (Å²) in [6.07, 6.45) is 7.87. The molecule has 0 spiro atoms. The standard InChI is InChI=1S/C10H15NO/c1-2-3-4-11-6-9-5-10(7-11)12-8-9/h1,9-10H,3-8H2. The van der Waals surface area contributed by atoms with E-state index < -0.39 is 0 Å². The molecule has 2 aliphatic heterocycles. The minimum absolute atomic E-state index is 0.501. The van der Waals surface area contributed by atoms with E-state index in [-0.39, 0.29) is 0 Å². The van der Waals surface area contributed by atoms with Crippen LogP contribution >= 0.6 is 0 Å². The Labute approximate surface area is 73.9 Å². The molecule has 2 rings (SSSR count). The lowest BCUT2D eigenvalue weighted by molar-refractivity contribution is 0.0851. The SMILES string of the molecule is C#CCCN1CC2COC(C2)C1. The molecule has 2 unspecified atom stereocenters. The predicted molar refractivity (Wildman–Crippen MR) is 47.7 cm³/mol. The molecule has 0 aliphatic carbocycles. The van der Waals surface area contributed by atoms with Crippen molar-refractivity contribution >= 4 is 0 Å². The summed E-state index contributed by atoms with van der Waals surface area (Å²) in [5.74, 6) is 3.46. The van der Waals surface area contributed by atoms with Crippen molar-refractivity contribution in [3.8, 4) is 12.3 Å². The summed E-state index contributed by atoms with van der Waals surface area (Å²) >= 11 is 0. The first kappa shape index (κ1) is 8.10. The maximum atomic E-state index is 5.59. The minimum atomic E-state index is 0.501. The highest BCUT2D eigenvalue weighted by Crippen LogP contribution is 2.26. The number of fused-ring (bicyclic) bond motifs is 2. The highest BCUT2D eigenvalue weighted by Gasteiger charge is 2.33. The smallest absolute Gasteiger partial charge is 0.0706 e. The van der Waals surface area contributed by atoms with Crippen molar-refractivity contribution in [2.75, 3.05) is 26.2 Å². The summed E-state index contributed by atoms with van der Waals surface area (Å²) in [7, 11) is 0. The molecule has 66 valence electrons. The predicted octanol–water partition coefficient (Wildman–Crippen LogP) is 0.730. The maximum absolute atomic E-state index is 5.59. The Bertz CT molecular complexity index is 185. The van der Waals surface area contributed by atoms with Crippen molar-refractivity contribution in [3.63, 3.8) is 0 Å². The number of likely N-dealkylation sites (tertiary alicyclic amines) is 1. The highest BCUT2D eigenvalue weighted by atomic mass is 16.5. The van der Waals surface area contributed by atoms with Crippen molar-refractivity contribution in [1.29, 1.82) is 0 Å². The lowest BCUT2D eigenvalue weighted by Crippen LogP contribution is -2.39. The van der Waals surface area contributed by atoms with E-state index in [2.05, 4.69) is 10.8 Å². The van der Waals surface area contributed by atoms with Gasteiger partial charge in [0.25, 0.3) is 0 Å². The summed E-state index contributed by atoms with van der Waals surface area (Å²) in [4.78, 5) is 2.44. The zero-order valence-corrected chi connectivity index (χ0v) is 7.33. The van der Waals surface area contributed by atoms with Gasteiger partial charge in [-0.15, -0.1) is 12.3 Å². The van der Waals surface area contributed by atoms with E-state index in [1.807, 2.05) is 0 Å². The molecule has 0 aromatic heterocycles. The van der Waals surface area contributed by atoms with Crippen LogP contribution in [-0.2, 0) is 4.74 Å². The second kappa shape index (κ2) is 3.47. The van der Waals surface area contributed by atoms with Crippen LogP contribution in [0.4, 0.5) is 0 Å². The molecule has 0 saturated carbocycles. The van der Waals surface area contributed by atoms with Crippen molar-refractivity contribution < 1.29 is 4.74 Å². The van der Waals surface area contributed by atoms with Crippen LogP contribution in [0.15, 0.2) is 0 Å². The molecular weight excluding hydrogens is 150 g/mol. The van der Waals surface area contributed by atoms with Crippen LogP contribution in [0.3, 0.4) is 0 Å². The third-order valence-corrected chi connectivity index (χ3v) is 2.71. The maximum Gasteiger partial charge on any atom is 0.0706 e. The van der Waals surface area contributed by atoms with Gasteiger partial charge in [-0.05, 0) is 12.3 Å². The number of piperidine rings is 1. The van der Waals surface area contributed by atoms with Crippen LogP contribution in [-0.4, -0.2) is 37.2 Å². The van der Waals surface area contributed by atoms with Crippen LogP contribution in [0.1, 0.15) is 12.8 Å². The second-order valence-electron chi connectivity index (χ2n) is 3.77. The van der Waals surface area contributed by atoms with Crippen LogP contribution in [0.25, 0.3) is 0 Å². The molecule has 0 aromatic rings. The molecule has 2 fully saturated rings. The molecule has 12 heavy (non-hydrogen) atoms. The second-order valence-corrected chi connectivity index (χ2v) is 3.77. The molecular formula is C10H15NO. The minimum Gasteiger partial charge on any atom is -0.377 e. The zero-order valence-electron chi connectivity index (χ0n) is 7.33. The first-order valence-electron chi connectivity index (χ1n) is 4.66. The molecule has 2 heterocycles. The Kier molecular flexibility index (Phi) is 2.34. The fourth-order valence-corrected chi connectivity index (χ4v) is 2.17. The van der Waals surface area contributed by atoms with E-state index in [1.165, 1.54) is 13.0 Å². The molecule has 0 radical (unpaired) electrons. The Morgan fingerprint density at radius 2 is 2.42 bits per heavy atom. The first-order chi connectivity index (χ1) is 5.88. The molecule has 2 aliphatic rings. The molecule has 2 nitrogen and oxygen atoms in total. The van der Waals surface area contributed by atoms with E-state index in [9.17, 15) is 0 Å². The van der Waals surface area contributed by atoms with Gasteiger partial charge < -0.3 is 4.74 Å². The third kappa shape index (κ3) is 1.63. The fraction of sp³-hybridized carbons (Fsp3) is 0.800. The number of nitrogens with zero attached hydrogens (tertiary/aromatic N) is 1. The van der Waals surface area contributed by atoms with Gasteiger partial charge in [0.15, 0.2) is 0 Å². The Morgan fingerprint density at radius 1 is 1.50 bits per heavy atom. The number of ether oxygens (including phenoxy) is 1. The molecule has 0 amide bonds. The summed E-state index contributed by atoms with van der Waals surface area (Å²) < 4.78 is 5.59. The Balaban J connectivity index is 1.82. The number of terminal acetylenes is 1. The van der Waals surface area contributed by atoms with Gasteiger partial charge in [0.05, 0.1) is 12.7 Å². The first-order valence-corrected chi connectivity index (χ1v) is 4.66. The topological polar surface area (TPSA) is 12.5 Å². The van der Waals surface area contributed by atoms with E-state index in [0.29, 0.717) is 6.10 Å². The summed E-state index contributed by atoms with van der Waals surface area (Å²) in [5.41, 5.74) is 0. The molecule has 0 aromatic carbocycles. The summed E-state index contributed by atoms with van der Waals surface area (Å²) in [5, 5.41) is 0. The highest BCUT2D eigenvalue weighted by molar-refractivity contribution is 4.89. The fourth-order valence-electron chi connectivity index (χ4n) is 2.17. The van der Waals surface area contributed by atoms with Crippen molar-refractivity contribution in [2.45, 2.75) is 18.9 Å². The van der Waals surface area contributed by atoms with Crippen LogP contribution < -0.4 is 0 Å². The van der Waals surface area contributed by atoms with E-state index in [4.69, 9.17) is 11.2 Å². The van der Waals surface area contributed by atoms with Crippen LogP contribution in [0.5, 0.6) is 0 Å². The van der Waals surface area contributed by atoms with E-state index >= 15 is 0 Å². The monoisotopic (exact) mass is 165 g/mol. The van der Waals surface area contributed by atoms with Gasteiger partial charge in [-0.25, -0.2) is 0 Å².